The van der Waals surface area contributed by atoms with E-state index in [0.717, 1.165) is 17.3 Å². The third kappa shape index (κ3) is 3.48. The Balaban J connectivity index is 1.88. The number of imide groups is 1. The number of benzene rings is 2. The summed E-state index contributed by atoms with van der Waals surface area (Å²) in [6, 6.07) is 11.9. The molecule has 3 rings (SSSR count). The number of hydrogen-bond donors (Lipinski definition) is 1. The van der Waals surface area contributed by atoms with E-state index in [1.54, 1.807) is 24.3 Å². The molecule has 25 heavy (non-hydrogen) atoms. The van der Waals surface area contributed by atoms with Crippen molar-refractivity contribution in [2.45, 2.75) is 23.5 Å². The number of hydrogen-bond acceptors (Lipinski definition) is 4. The van der Waals surface area contributed by atoms with Crippen LogP contribution in [0.5, 0.6) is 0 Å². The predicted octanol–water partition coefficient (Wildman–Crippen LogP) is 3.88. The quantitative estimate of drug-likeness (QED) is 0.760. The first kappa shape index (κ1) is 17.7. The van der Waals surface area contributed by atoms with Crippen molar-refractivity contribution in [1.82, 2.24) is 0 Å². The van der Waals surface area contributed by atoms with Gasteiger partial charge in [0.1, 0.15) is 0 Å². The molecule has 0 spiro atoms. The van der Waals surface area contributed by atoms with E-state index in [1.165, 1.54) is 11.0 Å². The van der Waals surface area contributed by atoms with Gasteiger partial charge >= 0.3 is 5.97 Å². The molecule has 128 valence electrons. The number of halogens is 1. The van der Waals surface area contributed by atoms with Gasteiger partial charge in [0.2, 0.25) is 11.8 Å². The van der Waals surface area contributed by atoms with E-state index in [2.05, 4.69) is 15.9 Å². The first-order valence-corrected chi connectivity index (χ1v) is 9.17. The molecule has 2 amide bonds. The third-order valence-electron chi connectivity index (χ3n) is 3.84. The van der Waals surface area contributed by atoms with Gasteiger partial charge in [-0.15, -0.1) is 11.8 Å². The predicted molar refractivity (Wildman–Crippen MR) is 99.0 cm³/mol. The highest BCUT2D eigenvalue weighted by molar-refractivity contribution is 9.10. The minimum absolute atomic E-state index is 0.0395. The number of carboxylic acids is 1. The van der Waals surface area contributed by atoms with Crippen LogP contribution in [0.15, 0.2) is 51.8 Å². The number of amides is 2. The lowest BCUT2D eigenvalue weighted by atomic mass is 10.2. The molecule has 0 unspecified atom stereocenters. The first-order chi connectivity index (χ1) is 11.9. The average Bonchev–Trinajstić information content (AvgIpc) is 2.82. The highest BCUT2D eigenvalue weighted by Crippen LogP contribution is 2.37. The van der Waals surface area contributed by atoms with Crippen LogP contribution in [0.3, 0.4) is 0 Å². The lowest BCUT2D eigenvalue weighted by Gasteiger charge is -2.17. The van der Waals surface area contributed by atoms with Crippen molar-refractivity contribution in [1.29, 1.82) is 0 Å². The highest BCUT2D eigenvalue weighted by atomic mass is 79.9. The second kappa shape index (κ2) is 7.01. The van der Waals surface area contributed by atoms with Gasteiger partial charge in [-0.05, 0) is 52.7 Å². The van der Waals surface area contributed by atoms with E-state index in [-0.39, 0.29) is 23.8 Å². The van der Waals surface area contributed by atoms with Crippen molar-refractivity contribution in [2.75, 3.05) is 4.90 Å². The molecule has 1 saturated heterocycles. The zero-order valence-corrected chi connectivity index (χ0v) is 15.6. The third-order valence-corrected chi connectivity index (χ3v) is 5.73. The van der Waals surface area contributed by atoms with Gasteiger partial charge in [0.25, 0.3) is 0 Å². The van der Waals surface area contributed by atoms with Crippen LogP contribution < -0.4 is 4.90 Å². The van der Waals surface area contributed by atoms with Crippen LogP contribution in [0.4, 0.5) is 5.69 Å². The van der Waals surface area contributed by atoms with Crippen LogP contribution in [0.1, 0.15) is 22.3 Å². The molecule has 2 aromatic carbocycles. The van der Waals surface area contributed by atoms with Crippen LogP contribution in [-0.4, -0.2) is 28.1 Å². The van der Waals surface area contributed by atoms with Gasteiger partial charge in [-0.3, -0.25) is 9.59 Å². The second-order valence-electron chi connectivity index (χ2n) is 5.63. The van der Waals surface area contributed by atoms with E-state index < -0.39 is 11.2 Å². The average molecular weight is 420 g/mol. The summed E-state index contributed by atoms with van der Waals surface area (Å²) >= 11 is 4.52. The van der Waals surface area contributed by atoms with E-state index >= 15 is 0 Å². The van der Waals surface area contributed by atoms with Crippen LogP contribution in [0.2, 0.25) is 0 Å². The van der Waals surface area contributed by atoms with Crippen molar-refractivity contribution in [2.24, 2.45) is 0 Å². The maximum absolute atomic E-state index is 12.8. The number of thioether (sulfide) groups is 1. The normalized spacial score (nSPS) is 17.2. The van der Waals surface area contributed by atoms with Crippen LogP contribution >= 0.6 is 27.7 Å². The Kier molecular flexibility index (Phi) is 4.96. The Morgan fingerprint density at radius 1 is 1.24 bits per heavy atom. The van der Waals surface area contributed by atoms with Crippen molar-refractivity contribution in [3.63, 3.8) is 0 Å². The lowest BCUT2D eigenvalue weighted by Crippen LogP contribution is -2.31. The Morgan fingerprint density at radius 2 is 1.96 bits per heavy atom. The number of rotatable bonds is 4. The van der Waals surface area contributed by atoms with Crippen molar-refractivity contribution < 1.29 is 19.5 Å². The van der Waals surface area contributed by atoms with Gasteiger partial charge < -0.3 is 5.11 Å². The summed E-state index contributed by atoms with van der Waals surface area (Å²) in [5.74, 6) is -1.68. The molecule has 1 aliphatic rings. The minimum atomic E-state index is -1.06. The number of carbonyl (C=O) groups is 3. The Bertz CT molecular complexity index is 883. The number of anilines is 1. The molecule has 0 bridgehead atoms. The summed E-state index contributed by atoms with van der Waals surface area (Å²) in [6.07, 6.45) is 0.0395. The van der Waals surface area contributed by atoms with Gasteiger partial charge in [0, 0.05) is 15.8 Å². The molecule has 1 N–H and O–H groups in total. The highest BCUT2D eigenvalue weighted by Gasteiger charge is 2.41. The maximum atomic E-state index is 12.8. The first-order valence-electron chi connectivity index (χ1n) is 7.50. The molecule has 0 saturated carbocycles. The van der Waals surface area contributed by atoms with Crippen molar-refractivity contribution in [3.8, 4) is 0 Å². The number of carboxylic acid groups (broad SMARTS) is 1. The number of nitrogens with zero attached hydrogens (tertiary/aromatic N) is 1. The molecule has 0 aliphatic carbocycles. The molecular weight excluding hydrogens is 406 g/mol. The SMILES string of the molecule is Cc1ccc(N2C(=O)C[C@@H](Sc3ccccc3C(=O)O)C2=O)c(Br)c1. The van der Waals surface area contributed by atoms with Gasteiger partial charge in [-0.25, -0.2) is 9.69 Å². The van der Waals surface area contributed by atoms with Gasteiger partial charge in [-0.1, -0.05) is 18.2 Å². The van der Waals surface area contributed by atoms with Gasteiger partial charge in [0.15, 0.2) is 0 Å². The second-order valence-corrected chi connectivity index (χ2v) is 7.73. The Labute approximate surface area is 157 Å². The lowest BCUT2D eigenvalue weighted by molar-refractivity contribution is -0.121. The largest absolute Gasteiger partial charge is 0.478 e. The molecule has 1 fully saturated rings. The van der Waals surface area contributed by atoms with Crippen molar-refractivity contribution >= 4 is 51.2 Å². The Morgan fingerprint density at radius 3 is 2.64 bits per heavy atom. The molecule has 0 aromatic heterocycles. The zero-order valence-electron chi connectivity index (χ0n) is 13.2. The smallest absolute Gasteiger partial charge is 0.336 e. The monoisotopic (exact) mass is 419 g/mol. The van der Waals surface area contributed by atoms with Crippen LogP contribution in [0, 0.1) is 6.92 Å². The molecule has 0 radical (unpaired) electrons. The minimum Gasteiger partial charge on any atom is -0.478 e. The zero-order chi connectivity index (χ0) is 18.1. The van der Waals surface area contributed by atoms with Crippen molar-refractivity contribution in [3.05, 3.63) is 58.1 Å². The van der Waals surface area contributed by atoms with E-state index in [4.69, 9.17) is 0 Å². The molecule has 5 nitrogen and oxygen atoms in total. The van der Waals surface area contributed by atoms with E-state index in [0.29, 0.717) is 15.1 Å². The molecule has 1 atom stereocenters. The molecule has 2 aromatic rings. The fraction of sp³-hybridized carbons (Fsp3) is 0.167. The number of aromatic carboxylic acids is 1. The van der Waals surface area contributed by atoms with E-state index in [9.17, 15) is 19.5 Å². The number of carbonyl (C=O) groups excluding carboxylic acids is 2. The van der Waals surface area contributed by atoms with Gasteiger partial charge in [0.05, 0.1) is 16.5 Å². The summed E-state index contributed by atoms with van der Waals surface area (Å²) in [5.41, 5.74) is 1.65. The molecule has 1 heterocycles. The molecular formula is C18H14BrNO4S. The Hall–Kier alpha value is -2.12. The summed E-state index contributed by atoms with van der Waals surface area (Å²) in [7, 11) is 0. The maximum Gasteiger partial charge on any atom is 0.336 e. The topological polar surface area (TPSA) is 74.7 Å². The fourth-order valence-corrected chi connectivity index (χ4v) is 4.49. The van der Waals surface area contributed by atoms with Crippen LogP contribution in [0.25, 0.3) is 0 Å². The summed E-state index contributed by atoms with van der Waals surface area (Å²) in [4.78, 5) is 38.1. The van der Waals surface area contributed by atoms with E-state index in [1.807, 2.05) is 19.1 Å². The molecule has 7 heteroatoms. The summed E-state index contributed by atoms with van der Waals surface area (Å²) < 4.78 is 0.672. The molecule has 1 aliphatic heterocycles. The fourth-order valence-electron chi connectivity index (χ4n) is 2.64. The standard InChI is InChI=1S/C18H14BrNO4S/c1-10-6-7-13(12(19)8-10)20-16(21)9-15(17(20)22)25-14-5-3-2-4-11(14)18(23)24/h2-8,15H,9H2,1H3,(H,23,24)/t15-/m1/s1. The summed E-state index contributed by atoms with van der Waals surface area (Å²) in [6.45, 7) is 1.92. The number of aryl methyl sites for hydroxylation is 1. The van der Waals surface area contributed by atoms with Crippen LogP contribution in [-0.2, 0) is 9.59 Å². The van der Waals surface area contributed by atoms with Gasteiger partial charge in [-0.2, -0.15) is 0 Å². The summed E-state index contributed by atoms with van der Waals surface area (Å²) in [5, 5.41) is 8.63.